The molecule has 0 spiro atoms. The van der Waals surface area contributed by atoms with Crippen molar-refractivity contribution in [3.8, 4) is 5.75 Å². The Morgan fingerprint density at radius 1 is 1.03 bits per heavy atom. The Hall–Kier alpha value is -3.92. The molecule has 2 N–H and O–H groups in total. The number of benzene rings is 3. The molecule has 0 aromatic heterocycles. The van der Waals surface area contributed by atoms with Crippen molar-refractivity contribution in [1.82, 2.24) is 0 Å². The van der Waals surface area contributed by atoms with Gasteiger partial charge in [0, 0.05) is 11.8 Å². The molecule has 9 nitrogen and oxygen atoms in total. The van der Waals surface area contributed by atoms with Crippen LogP contribution in [0.3, 0.4) is 0 Å². The predicted molar refractivity (Wildman–Crippen MR) is 116 cm³/mol. The number of rotatable bonds is 7. The lowest BCUT2D eigenvalue weighted by molar-refractivity contribution is -0.386. The Bertz CT molecular complexity index is 1260. The van der Waals surface area contributed by atoms with Crippen LogP contribution < -0.4 is 14.8 Å². The highest BCUT2D eigenvalue weighted by molar-refractivity contribution is 7.92. The number of nitrogens with zero attached hydrogens (tertiary/aromatic N) is 1. The van der Waals surface area contributed by atoms with Crippen LogP contribution in [0.1, 0.15) is 15.9 Å². The van der Waals surface area contributed by atoms with Crippen molar-refractivity contribution in [1.29, 1.82) is 0 Å². The lowest BCUT2D eigenvalue weighted by Gasteiger charge is -2.13. The molecule has 0 radical (unpaired) electrons. The van der Waals surface area contributed by atoms with Gasteiger partial charge in [0.25, 0.3) is 15.9 Å². The Labute approximate surface area is 178 Å². The first kappa shape index (κ1) is 21.8. The molecule has 0 bridgehead atoms. The predicted octanol–water partition coefficient (Wildman–Crippen LogP) is 3.96. The molecule has 0 aliphatic heterocycles. The number of amides is 1. The Kier molecular flexibility index (Phi) is 6.21. The highest BCUT2D eigenvalue weighted by atomic mass is 32.2. The van der Waals surface area contributed by atoms with Gasteiger partial charge in [-0.25, -0.2) is 8.42 Å². The number of carbonyl (C=O) groups is 1. The van der Waals surface area contributed by atoms with Gasteiger partial charge in [0.15, 0.2) is 5.75 Å². The van der Waals surface area contributed by atoms with Gasteiger partial charge in [-0.1, -0.05) is 24.3 Å². The van der Waals surface area contributed by atoms with Crippen molar-refractivity contribution in [3.63, 3.8) is 0 Å². The molecule has 0 unspecified atom stereocenters. The molecule has 10 heteroatoms. The van der Waals surface area contributed by atoms with E-state index in [2.05, 4.69) is 10.0 Å². The van der Waals surface area contributed by atoms with Crippen molar-refractivity contribution in [2.24, 2.45) is 0 Å². The smallest absolute Gasteiger partial charge is 0.312 e. The van der Waals surface area contributed by atoms with Crippen molar-refractivity contribution >= 4 is 33.0 Å². The Morgan fingerprint density at radius 3 is 2.45 bits per heavy atom. The van der Waals surface area contributed by atoms with Gasteiger partial charge in [-0.3, -0.25) is 19.6 Å². The molecule has 0 saturated carbocycles. The fourth-order valence-corrected chi connectivity index (χ4v) is 3.97. The second-order valence-electron chi connectivity index (χ2n) is 6.57. The summed E-state index contributed by atoms with van der Waals surface area (Å²) < 4.78 is 32.9. The number of nitro groups is 1. The molecule has 1 amide bonds. The van der Waals surface area contributed by atoms with E-state index < -0.39 is 26.5 Å². The van der Waals surface area contributed by atoms with Crippen LogP contribution in [-0.2, 0) is 10.0 Å². The minimum Gasteiger partial charge on any atom is -0.490 e. The molecule has 0 aliphatic rings. The molecule has 3 aromatic carbocycles. The summed E-state index contributed by atoms with van der Waals surface area (Å²) in [6, 6.07) is 16.5. The Morgan fingerprint density at radius 2 is 1.77 bits per heavy atom. The van der Waals surface area contributed by atoms with Crippen LogP contribution in [0.4, 0.5) is 17.1 Å². The third-order valence-corrected chi connectivity index (χ3v) is 5.71. The summed E-state index contributed by atoms with van der Waals surface area (Å²) in [5.41, 5.74) is 1.15. The molecular formula is C21H19N3O6S. The number of nitro benzene ring substituents is 1. The zero-order valence-corrected chi connectivity index (χ0v) is 17.5. The normalized spacial score (nSPS) is 10.9. The quantitative estimate of drug-likeness (QED) is 0.422. The minimum absolute atomic E-state index is 0.0334. The number of para-hydroxylation sites is 1. The van der Waals surface area contributed by atoms with E-state index in [4.69, 9.17) is 4.74 Å². The second-order valence-corrected chi connectivity index (χ2v) is 8.25. The average molecular weight is 441 g/mol. The summed E-state index contributed by atoms with van der Waals surface area (Å²) in [7, 11) is -2.97. The highest BCUT2D eigenvalue weighted by Crippen LogP contribution is 2.30. The molecule has 0 heterocycles. The van der Waals surface area contributed by atoms with Crippen LogP contribution in [0.25, 0.3) is 0 Å². The summed E-state index contributed by atoms with van der Waals surface area (Å²) in [4.78, 5) is 22.9. The second kappa shape index (κ2) is 8.84. The largest absolute Gasteiger partial charge is 0.490 e. The van der Waals surface area contributed by atoms with Crippen molar-refractivity contribution in [2.75, 3.05) is 17.1 Å². The number of sulfonamides is 1. The topological polar surface area (TPSA) is 128 Å². The molecular weight excluding hydrogens is 422 g/mol. The minimum atomic E-state index is -4.22. The number of carbonyl (C=O) groups excluding carboxylic acids is 1. The van der Waals surface area contributed by atoms with Crippen LogP contribution in [0, 0.1) is 17.0 Å². The highest BCUT2D eigenvalue weighted by Gasteiger charge is 2.23. The van der Waals surface area contributed by atoms with Crippen LogP contribution in [-0.4, -0.2) is 26.4 Å². The van der Waals surface area contributed by atoms with Gasteiger partial charge in [0.05, 0.1) is 28.2 Å². The molecule has 0 fully saturated rings. The zero-order chi connectivity index (χ0) is 22.6. The lowest BCUT2D eigenvalue weighted by atomic mass is 10.1. The maximum absolute atomic E-state index is 12.8. The first-order chi connectivity index (χ1) is 14.7. The van der Waals surface area contributed by atoms with Crippen LogP contribution in [0.2, 0.25) is 0 Å². The van der Waals surface area contributed by atoms with E-state index in [-0.39, 0.29) is 21.9 Å². The first-order valence-corrected chi connectivity index (χ1v) is 10.5. The van der Waals surface area contributed by atoms with Gasteiger partial charge < -0.3 is 10.1 Å². The first-order valence-electron chi connectivity index (χ1n) is 9.03. The van der Waals surface area contributed by atoms with E-state index in [0.717, 1.165) is 11.6 Å². The number of hydrogen-bond donors (Lipinski definition) is 2. The standard InChI is InChI=1S/C21H19N3O6S/c1-14-6-5-7-15(12-14)22-21(25)17-8-3-4-9-18(17)23-31(28,29)16-10-11-20(30-2)19(13-16)24(26)27/h3-13,23H,1-2H3,(H,22,25). The van der Waals surface area contributed by atoms with Crippen LogP contribution in [0.5, 0.6) is 5.75 Å². The number of aryl methyl sites for hydroxylation is 1. The molecule has 0 aliphatic carbocycles. The van der Waals surface area contributed by atoms with E-state index in [1.165, 1.54) is 31.4 Å². The number of anilines is 2. The van der Waals surface area contributed by atoms with E-state index in [9.17, 15) is 23.3 Å². The van der Waals surface area contributed by atoms with E-state index >= 15 is 0 Å². The fourth-order valence-electron chi connectivity index (χ4n) is 2.87. The number of hydrogen-bond acceptors (Lipinski definition) is 6. The average Bonchev–Trinajstić information content (AvgIpc) is 2.73. The monoisotopic (exact) mass is 441 g/mol. The fraction of sp³-hybridized carbons (Fsp3) is 0.0952. The van der Waals surface area contributed by atoms with Crippen LogP contribution >= 0.6 is 0 Å². The SMILES string of the molecule is COc1ccc(S(=O)(=O)Nc2ccccc2C(=O)Nc2cccc(C)c2)cc1[N+](=O)[O-]. The summed E-state index contributed by atoms with van der Waals surface area (Å²) in [5.74, 6) is -0.577. The zero-order valence-electron chi connectivity index (χ0n) is 16.7. The van der Waals surface area contributed by atoms with Crippen molar-refractivity contribution in [3.05, 3.63) is 88.0 Å². The third-order valence-electron chi connectivity index (χ3n) is 4.35. The molecule has 0 atom stereocenters. The van der Waals surface area contributed by atoms with E-state index in [0.29, 0.717) is 5.69 Å². The van der Waals surface area contributed by atoms with Gasteiger partial charge >= 0.3 is 5.69 Å². The van der Waals surface area contributed by atoms with Crippen molar-refractivity contribution in [2.45, 2.75) is 11.8 Å². The van der Waals surface area contributed by atoms with Gasteiger partial charge in [-0.05, 0) is 48.9 Å². The molecule has 31 heavy (non-hydrogen) atoms. The van der Waals surface area contributed by atoms with Gasteiger partial charge in [0.1, 0.15) is 0 Å². The maximum atomic E-state index is 12.8. The molecule has 0 saturated heterocycles. The molecule has 3 rings (SSSR count). The summed E-state index contributed by atoms with van der Waals surface area (Å²) in [6.07, 6.45) is 0. The summed E-state index contributed by atoms with van der Waals surface area (Å²) >= 11 is 0. The third kappa shape index (κ3) is 4.98. The van der Waals surface area contributed by atoms with Crippen molar-refractivity contribution < 1.29 is 22.9 Å². The number of nitrogens with one attached hydrogen (secondary N) is 2. The summed E-state index contributed by atoms with van der Waals surface area (Å²) in [5, 5.41) is 13.9. The Balaban J connectivity index is 1.92. The number of methoxy groups -OCH3 is 1. The van der Waals surface area contributed by atoms with E-state index in [1.807, 2.05) is 13.0 Å². The van der Waals surface area contributed by atoms with Gasteiger partial charge in [-0.2, -0.15) is 0 Å². The van der Waals surface area contributed by atoms with Gasteiger partial charge in [-0.15, -0.1) is 0 Å². The number of ether oxygens (including phenoxy) is 1. The van der Waals surface area contributed by atoms with E-state index in [1.54, 1.807) is 30.3 Å². The maximum Gasteiger partial charge on any atom is 0.312 e. The summed E-state index contributed by atoms with van der Waals surface area (Å²) in [6.45, 7) is 1.88. The molecule has 3 aromatic rings. The lowest BCUT2D eigenvalue weighted by Crippen LogP contribution is -2.18. The van der Waals surface area contributed by atoms with Crippen LogP contribution in [0.15, 0.2) is 71.6 Å². The molecule has 160 valence electrons. The van der Waals surface area contributed by atoms with Gasteiger partial charge in [0.2, 0.25) is 0 Å².